The Morgan fingerprint density at radius 3 is 2.50 bits per heavy atom. The molecular weight excluding hydrogens is 484 g/mol. The number of amides is 2. The Kier molecular flexibility index (Phi) is 8.01. The summed E-state index contributed by atoms with van der Waals surface area (Å²) in [6, 6.07) is 3.12. The maximum Gasteiger partial charge on any atom is 0.329 e. The summed E-state index contributed by atoms with van der Waals surface area (Å²) >= 11 is 0. The zero-order valence-corrected chi connectivity index (χ0v) is 23.5. The molecule has 38 heavy (non-hydrogen) atoms. The van der Waals surface area contributed by atoms with E-state index < -0.39 is 12.1 Å². The Hall–Kier alpha value is -2.77. The Bertz CT molecular complexity index is 1070. The van der Waals surface area contributed by atoms with Crippen molar-refractivity contribution in [2.24, 2.45) is 22.7 Å². The third-order valence-electron chi connectivity index (χ3n) is 10.3. The van der Waals surface area contributed by atoms with Gasteiger partial charge < -0.3 is 25.2 Å². The molecule has 2 saturated carbocycles. The molecule has 2 bridgehead atoms. The van der Waals surface area contributed by atoms with Crippen molar-refractivity contribution in [1.82, 2.24) is 10.2 Å². The number of aryl methyl sites for hydroxylation is 1. The number of hydrogen-bond donors (Lipinski definition) is 3. The fourth-order valence-corrected chi connectivity index (χ4v) is 6.89. The maximum absolute atomic E-state index is 13.7. The van der Waals surface area contributed by atoms with Crippen molar-refractivity contribution in [1.29, 1.82) is 0 Å². The van der Waals surface area contributed by atoms with Gasteiger partial charge in [0.05, 0.1) is 0 Å². The van der Waals surface area contributed by atoms with Gasteiger partial charge in [-0.1, -0.05) is 47.1 Å². The molecule has 8 heteroatoms. The van der Waals surface area contributed by atoms with Gasteiger partial charge >= 0.3 is 5.97 Å². The first-order chi connectivity index (χ1) is 17.9. The van der Waals surface area contributed by atoms with Crippen LogP contribution >= 0.6 is 0 Å². The molecule has 8 nitrogen and oxygen atoms in total. The van der Waals surface area contributed by atoms with Gasteiger partial charge in [-0.05, 0) is 73.5 Å². The second-order valence-corrected chi connectivity index (χ2v) is 12.5. The lowest BCUT2D eigenvalue weighted by Crippen LogP contribution is -2.54. The molecule has 2 amide bonds. The van der Waals surface area contributed by atoms with Crippen molar-refractivity contribution in [2.75, 3.05) is 6.54 Å². The molecule has 5 unspecified atom stereocenters. The second kappa shape index (κ2) is 10.8. The van der Waals surface area contributed by atoms with E-state index in [9.17, 15) is 24.6 Å². The summed E-state index contributed by atoms with van der Waals surface area (Å²) < 4.78 is 6.14. The molecule has 1 aliphatic heterocycles. The Labute approximate surface area is 226 Å². The molecule has 0 spiro atoms. The number of fused-ring (bicyclic) bond motifs is 2. The molecule has 1 saturated heterocycles. The average Bonchev–Trinajstić information content (AvgIpc) is 3.51. The highest BCUT2D eigenvalue weighted by Crippen LogP contribution is 2.66. The molecule has 6 atom stereocenters. The van der Waals surface area contributed by atoms with Crippen LogP contribution in [0.1, 0.15) is 85.1 Å². The van der Waals surface area contributed by atoms with Crippen LogP contribution in [0.2, 0.25) is 0 Å². The highest BCUT2D eigenvalue weighted by Gasteiger charge is 2.63. The van der Waals surface area contributed by atoms with Crippen LogP contribution in [0.15, 0.2) is 18.2 Å². The van der Waals surface area contributed by atoms with Gasteiger partial charge in [-0.25, -0.2) is 4.79 Å². The van der Waals surface area contributed by atoms with Crippen molar-refractivity contribution < 1.29 is 29.3 Å². The molecule has 1 aromatic carbocycles. The van der Waals surface area contributed by atoms with E-state index in [-0.39, 0.29) is 58.6 Å². The monoisotopic (exact) mass is 528 g/mol. The standard InChI is InChI=1S/C30H44N2O6/c1-6-18(2)26(31-25(35)12-10-19-9-11-22(33)23(34)16-19)27(36)32-15-7-8-21(32)28(37)38-24-17-20-13-14-30(24,5)29(20,3)4/h9,11,16,18,20-21,24,26,33-34H,6-8,10,12-15,17H2,1-5H3,(H,31,35)/t18?,20?,21?,24?,26-,30?/m0/s1. The van der Waals surface area contributed by atoms with Gasteiger partial charge in [0.1, 0.15) is 18.2 Å². The lowest BCUT2D eigenvalue weighted by molar-refractivity contribution is -0.165. The van der Waals surface area contributed by atoms with E-state index in [1.54, 1.807) is 11.0 Å². The summed E-state index contributed by atoms with van der Waals surface area (Å²) in [6.45, 7) is 11.2. The van der Waals surface area contributed by atoms with E-state index in [0.29, 0.717) is 37.3 Å². The first-order valence-electron chi connectivity index (χ1n) is 14.2. The molecule has 3 fully saturated rings. The molecule has 2 aliphatic carbocycles. The third kappa shape index (κ3) is 5.10. The van der Waals surface area contributed by atoms with Crippen LogP contribution in [-0.2, 0) is 25.5 Å². The number of nitrogens with one attached hydrogen (secondary N) is 1. The third-order valence-corrected chi connectivity index (χ3v) is 10.3. The fourth-order valence-electron chi connectivity index (χ4n) is 6.89. The SMILES string of the molecule is CCC(C)[C@H](NC(=O)CCc1ccc(O)c(O)c1)C(=O)N1CCCC1C(=O)OC1CC2CCC1(C)C2(C)C. The number of ether oxygens (including phenoxy) is 1. The molecule has 1 aromatic rings. The highest BCUT2D eigenvalue weighted by molar-refractivity contribution is 5.91. The van der Waals surface area contributed by atoms with E-state index >= 15 is 0 Å². The van der Waals surface area contributed by atoms with Gasteiger partial charge in [0.2, 0.25) is 11.8 Å². The summed E-state index contributed by atoms with van der Waals surface area (Å²) in [5.74, 6) is -0.802. The van der Waals surface area contributed by atoms with Crippen molar-refractivity contribution >= 4 is 17.8 Å². The first-order valence-corrected chi connectivity index (χ1v) is 14.2. The summed E-state index contributed by atoms with van der Waals surface area (Å²) in [7, 11) is 0. The highest BCUT2D eigenvalue weighted by atomic mass is 16.5. The predicted octanol–water partition coefficient (Wildman–Crippen LogP) is 4.31. The van der Waals surface area contributed by atoms with Crippen LogP contribution in [0.5, 0.6) is 11.5 Å². The number of benzene rings is 1. The van der Waals surface area contributed by atoms with Crippen LogP contribution in [-0.4, -0.2) is 57.6 Å². The number of likely N-dealkylation sites (tertiary alicyclic amines) is 1. The second-order valence-electron chi connectivity index (χ2n) is 12.5. The van der Waals surface area contributed by atoms with Crippen LogP contribution in [0.3, 0.4) is 0 Å². The predicted molar refractivity (Wildman–Crippen MR) is 143 cm³/mol. The van der Waals surface area contributed by atoms with Crippen molar-refractivity contribution in [3.8, 4) is 11.5 Å². The number of phenolic OH excluding ortho intramolecular Hbond substituents is 2. The Balaban J connectivity index is 1.39. The zero-order valence-electron chi connectivity index (χ0n) is 23.5. The van der Waals surface area contributed by atoms with Gasteiger partial charge in [0.25, 0.3) is 0 Å². The van der Waals surface area contributed by atoms with Crippen molar-refractivity contribution in [3.63, 3.8) is 0 Å². The molecule has 210 valence electrons. The minimum atomic E-state index is -0.729. The van der Waals surface area contributed by atoms with Crippen LogP contribution in [0.4, 0.5) is 0 Å². The fraction of sp³-hybridized carbons (Fsp3) is 0.700. The topological polar surface area (TPSA) is 116 Å². The van der Waals surface area contributed by atoms with E-state index in [2.05, 4.69) is 26.1 Å². The molecule has 0 radical (unpaired) electrons. The molecule has 4 rings (SSSR count). The summed E-state index contributed by atoms with van der Waals surface area (Å²) in [5, 5.41) is 22.1. The largest absolute Gasteiger partial charge is 0.504 e. The molecule has 3 aliphatic rings. The summed E-state index contributed by atoms with van der Waals surface area (Å²) in [6.07, 6.45) is 5.50. The zero-order chi connectivity index (χ0) is 27.8. The number of phenols is 2. The lowest BCUT2D eigenvalue weighted by atomic mass is 9.70. The van der Waals surface area contributed by atoms with Gasteiger partial charge in [0.15, 0.2) is 11.5 Å². The van der Waals surface area contributed by atoms with E-state index in [0.717, 1.165) is 19.3 Å². The molecule has 0 aromatic heterocycles. The smallest absolute Gasteiger partial charge is 0.329 e. The van der Waals surface area contributed by atoms with Crippen LogP contribution < -0.4 is 5.32 Å². The maximum atomic E-state index is 13.7. The van der Waals surface area contributed by atoms with E-state index in [1.807, 2.05) is 13.8 Å². The van der Waals surface area contributed by atoms with Crippen LogP contribution in [0.25, 0.3) is 0 Å². The first kappa shape index (κ1) is 28.2. The number of nitrogens with zero attached hydrogens (tertiary/aromatic N) is 1. The van der Waals surface area contributed by atoms with Gasteiger partial charge in [-0.2, -0.15) is 0 Å². The van der Waals surface area contributed by atoms with E-state index in [4.69, 9.17) is 4.74 Å². The van der Waals surface area contributed by atoms with Crippen LogP contribution in [0, 0.1) is 22.7 Å². The average molecular weight is 529 g/mol. The lowest BCUT2D eigenvalue weighted by Gasteiger charge is -2.39. The number of carbonyl (C=O) groups excluding carboxylic acids is 3. The normalized spacial score (nSPS) is 29.2. The van der Waals surface area contributed by atoms with Gasteiger partial charge in [0, 0.05) is 18.4 Å². The van der Waals surface area contributed by atoms with Crippen molar-refractivity contribution in [3.05, 3.63) is 23.8 Å². The Morgan fingerprint density at radius 2 is 1.89 bits per heavy atom. The number of esters is 1. The minimum absolute atomic E-state index is 0.0394. The number of carbonyl (C=O) groups is 3. The minimum Gasteiger partial charge on any atom is -0.504 e. The van der Waals surface area contributed by atoms with Crippen molar-refractivity contribution in [2.45, 2.75) is 104 Å². The number of aromatic hydroxyl groups is 2. The summed E-state index contributed by atoms with van der Waals surface area (Å²) in [4.78, 5) is 41.6. The molecule has 3 N–H and O–H groups in total. The number of rotatable bonds is 9. The Morgan fingerprint density at radius 1 is 1.16 bits per heavy atom. The molecule has 1 heterocycles. The summed E-state index contributed by atoms with van der Waals surface area (Å²) in [5.41, 5.74) is 0.803. The van der Waals surface area contributed by atoms with Gasteiger partial charge in [-0.15, -0.1) is 0 Å². The molecular formula is C30H44N2O6. The van der Waals surface area contributed by atoms with Gasteiger partial charge in [-0.3, -0.25) is 9.59 Å². The quantitative estimate of drug-likeness (QED) is 0.325. The van der Waals surface area contributed by atoms with E-state index in [1.165, 1.54) is 18.6 Å². The number of hydrogen-bond acceptors (Lipinski definition) is 6.